The summed E-state index contributed by atoms with van der Waals surface area (Å²) in [4.78, 5) is 2.20. The number of thioether (sulfide) groups is 2. The first-order valence-electron chi connectivity index (χ1n) is 8.19. The topological polar surface area (TPSA) is 60.4 Å². The summed E-state index contributed by atoms with van der Waals surface area (Å²) in [6.07, 6.45) is 2.39. The first-order chi connectivity index (χ1) is 12.4. The maximum absolute atomic E-state index is 10.8. The molecule has 0 fully saturated rings. The number of hydrogen-bond acceptors (Lipinski definition) is 6. The predicted molar refractivity (Wildman–Crippen MR) is 112 cm³/mol. The van der Waals surface area contributed by atoms with E-state index in [1.807, 2.05) is 30.5 Å². The van der Waals surface area contributed by atoms with Gasteiger partial charge in [-0.3, -0.25) is 0 Å². The van der Waals surface area contributed by atoms with Crippen LogP contribution in [-0.4, -0.2) is 37.8 Å². The fraction of sp³-hybridized carbons (Fsp3) is 0.263. The Morgan fingerprint density at radius 1 is 1.04 bits per heavy atom. The maximum atomic E-state index is 10.8. The molecule has 2 aromatic carbocycles. The average Bonchev–Trinajstić information content (AvgIpc) is 2.63. The molecule has 3 rings (SSSR count). The molecule has 0 radical (unpaired) electrons. The molecular weight excluding hydrogens is 409 g/mol. The summed E-state index contributed by atoms with van der Waals surface area (Å²) >= 11 is 3.28. The third-order valence-electron chi connectivity index (χ3n) is 4.23. The van der Waals surface area contributed by atoms with Crippen molar-refractivity contribution in [3.63, 3.8) is 0 Å². The van der Waals surface area contributed by atoms with E-state index < -0.39 is 10.1 Å². The summed E-state index contributed by atoms with van der Waals surface area (Å²) < 4.78 is 33.6. The number of para-hydroxylation sites is 2. The van der Waals surface area contributed by atoms with Crippen LogP contribution >= 0.6 is 23.5 Å². The number of hydrogen-bond donors (Lipinski definition) is 0. The summed E-state index contributed by atoms with van der Waals surface area (Å²) in [5, 5.41) is 0. The van der Waals surface area contributed by atoms with E-state index in [2.05, 4.69) is 36.2 Å². The Labute approximate surface area is 191 Å². The number of anilines is 2. The third-order valence-corrected chi connectivity index (χ3v) is 7.41. The van der Waals surface area contributed by atoms with Gasteiger partial charge in [-0.25, -0.2) is 8.42 Å². The molecule has 2 aromatic rings. The molecule has 0 saturated heterocycles. The average molecular weight is 430 g/mol. The van der Waals surface area contributed by atoms with Gasteiger partial charge in [0.15, 0.2) is 0 Å². The van der Waals surface area contributed by atoms with Crippen LogP contribution in [0.4, 0.5) is 11.4 Å². The Balaban J connectivity index is 0.00000261. The van der Waals surface area contributed by atoms with Crippen LogP contribution in [0.5, 0.6) is 0 Å². The first-order valence-corrected chi connectivity index (χ1v) is 12.0. The van der Waals surface area contributed by atoms with E-state index in [1.54, 1.807) is 23.5 Å². The van der Waals surface area contributed by atoms with Crippen molar-refractivity contribution in [1.29, 1.82) is 0 Å². The molecule has 0 unspecified atom stereocenters. The standard InChI is InChI=1S/C19H21NO3S3.Na/c1-20-16-10-5-3-8-14(16)18(15-9-4-6-11-17(15)20)19(24-2)25-12-7-13-26(21,22)23;/h3-6,8-11H,7,12-13H2,1-2H3,(H,21,22,23);/q;+1/p-1. The van der Waals surface area contributed by atoms with Crippen LogP contribution in [-0.2, 0) is 10.1 Å². The number of rotatable bonds is 6. The maximum Gasteiger partial charge on any atom is 1.00 e. The summed E-state index contributed by atoms with van der Waals surface area (Å²) in [6, 6.07) is 16.6. The van der Waals surface area contributed by atoms with Crippen molar-refractivity contribution in [2.45, 2.75) is 6.42 Å². The monoisotopic (exact) mass is 429 g/mol. The van der Waals surface area contributed by atoms with Gasteiger partial charge >= 0.3 is 29.6 Å². The minimum Gasteiger partial charge on any atom is -0.748 e. The van der Waals surface area contributed by atoms with E-state index >= 15 is 0 Å². The van der Waals surface area contributed by atoms with Crippen molar-refractivity contribution < 1.29 is 42.5 Å². The van der Waals surface area contributed by atoms with Gasteiger partial charge in [0.25, 0.3) is 0 Å². The van der Waals surface area contributed by atoms with Crippen LogP contribution in [0.15, 0.2) is 52.8 Å². The molecule has 0 atom stereocenters. The van der Waals surface area contributed by atoms with E-state index in [1.165, 1.54) is 16.7 Å². The summed E-state index contributed by atoms with van der Waals surface area (Å²) in [6.45, 7) is 0. The van der Waals surface area contributed by atoms with Crippen LogP contribution in [0, 0.1) is 0 Å². The molecule has 4 nitrogen and oxygen atoms in total. The summed E-state index contributed by atoms with van der Waals surface area (Å²) in [5.74, 6) is 0.286. The van der Waals surface area contributed by atoms with Gasteiger partial charge in [0.1, 0.15) is 0 Å². The van der Waals surface area contributed by atoms with Gasteiger partial charge in [0.2, 0.25) is 0 Å². The van der Waals surface area contributed by atoms with Gasteiger partial charge in [-0.15, -0.1) is 23.5 Å². The van der Waals surface area contributed by atoms with Crippen LogP contribution in [0.1, 0.15) is 17.5 Å². The molecular formula is C19H20NNaO3S3. The molecule has 1 heterocycles. The van der Waals surface area contributed by atoms with Crippen LogP contribution in [0.3, 0.4) is 0 Å². The number of benzene rings is 2. The second-order valence-electron chi connectivity index (χ2n) is 5.92. The zero-order chi connectivity index (χ0) is 18.7. The van der Waals surface area contributed by atoms with Crippen molar-refractivity contribution in [2.75, 3.05) is 29.7 Å². The van der Waals surface area contributed by atoms with Crippen LogP contribution in [0.2, 0.25) is 0 Å². The Morgan fingerprint density at radius 3 is 2.04 bits per heavy atom. The van der Waals surface area contributed by atoms with Gasteiger partial charge in [-0.1, -0.05) is 36.4 Å². The molecule has 0 amide bonds. The number of fused-ring (bicyclic) bond motifs is 2. The quantitative estimate of drug-likeness (QED) is 0.394. The SMILES string of the molecule is CSC(SCCCS(=O)(=O)[O-])=C1c2ccccc2N(C)c2ccccc21.[Na+]. The van der Waals surface area contributed by atoms with Crippen molar-refractivity contribution in [2.24, 2.45) is 0 Å². The van der Waals surface area contributed by atoms with Crippen molar-refractivity contribution in [3.05, 3.63) is 63.9 Å². The van der Waals surface area contributed by atoms with Crippen molar-refractivity contribution >= 4 is 50.6 Å². The number of nitrogens with zero attached hydrogens (tertiary/aromatic N) is 1. The fourth-order valence-corrected chi connectivity index (χ4v) is 5.75. The van der Waals surface area contributed by atoms with Gasteiger partial charge in [-0.05, 0) is 30.6 Å². The van der Waals surface area contributed by atoms with Crippen LogP contribution in [0.25, 0.3) is 5.57 Å². The summed E-state index contributed by atoms with van der Waals surface area (Å²) in [5.41, 5.74) is 5.81. The predicted octanol–water partition coefficient (Wildman–Crippen LogP) is 1.52. The van der Waals surface area contributed by atoms with Crippen LogP contribution < -0.4 is 34.5 Å². The Bertz CT molecular complexity index is 895. The zero-order valence-corrected chi connectivity index (χ0v) is 20.1. The van der Waals surface area contributed by atoms with Crippen molar-refractivity contribution in [1.82, 2.24) is 0 Å². The molecule has 0 spiro atoms. The zero-order valence-electron chi connectivity index (χ0n) is 15.6. The van der Waals surface area contributed by atoms with Gasteiger partial charge in [0, 0.05) is 45.1 Å². The largest absolute Gasteiger partial charge is 1.00 e. The van der Waals surface area contributed by atoms with E-state index in [9.17, 15) is 13.0 Å². The van der Waals surface area contributed by atoms with Crippen molar-refractivity contribution in [3.8, 4) is 0 Å². The molecule has 0 aromatic heterocycles. The normalized spacial score (nSPS) is 12.9. The van der Waals surface area contributed by atoms with E-state index in [4.69, 9.17) is 0 Å². The Hall–Kier alpha value is -0.410. The van der Waals surface area contributed by atoms with E-state index in [0.29, 0.717) is 12.2 Å². The second-order valence-corrected chi connectivity index (χ2v) is 9.63. The third kappa shape index (κ3) is 5.35. The molecule has 1 aliphatic heterocycles. The molecule has 0 aliphatic carbocycles. The van der Waals surface area contributed by atoms with E-state index in [-0.39, 0.29) is 35.3 Å². The van der Waals surface area contributed by atoms with E-state index in [0.717, 1.165) is 15.6 Å². The minimum absolute atomic E-state index is 0. The van der Waals surface area contributed by atoms with Gasteiger partial charge in [0.05, 0.1) is 10.1 Å². The molecule has 0 saturated carbocycles. The molecule has 0 N–H and O–H groups in total. The Morgan fingerprint density at radius 2 is 1.56 bits per heavy atom. The van der Waals surface area contributed by atoms with Gasteiger partial charge in [-0.2, -0.15) is 0 Å². The molecule has 8 heteroatoms. The molecule has 27 heavy (non-hydrogen) atoms. The first kappa shape index (κ1) is 22.9. The molecule has 1 aliphatic rings. The molecule has 138 valence electrons. The Kier molecular flexibility index (Phi) is 8.36. The minimum atomic E-state index is -4.15. The summed E-state index contributed by atoms with van der Waals surface area (Å²) in [7, 11) is -2.08. The smallest absolute Gasteiger partial charge is 0.748 e. The fourth-order valence-electron chi connectivity index (χ4n) is 3.08. The second kappa shape index (κ2) is 9.87. The molecule has 0 bridgehead atoms. The van der Waals surface area contributed by atoms with Gasteiger partial charge < -0.3 is 9.45 Å².